The van der Waals surface area contributed by atoms with E-state index in [2.05, 4.69) is 15.9 Å². The van der Waals surface area contributed by atoms with Crippen molar-refractivity contribution in [3.8, 4) is 0 Å². The minimum Gasteiger partial charge on any atom is -0.507 e. The molecule has 4 rings (SSSR count). The molecule has 1 fully saturated rings. The Morgan fingerprint density at radius 2 is 1.68 bits per heavy atom. The van der Waals surface area contributed by atoms with Crippen LogP contribution in [0.25, 0.3) is 16.5 Å². The number of ketones is 1. The van der Waals surface area contributed by atoms with Gasteiger partial charge in [0, 0.05) is 23.1 Å². The summed E-state index contributed by atoms with van der Waals surface area (Å²) in [6.07, 6.45) is 0. The number of likely N-dealkylation sites (N-methyl/N-ethyl adjacent to an activating group) is 1. The zero-order valence-electron chi connectivity index (χ0n) is 17.4. The van der Waals surface area contributed by atoms with Crippen LogP contribution in [0.5, 0.6) is 0 Å². The molecule has 1 aliphatic heterocycles. The van der Waals surface area contributed by atoms with Gasteiger partial charge in [0.2, 0.25) is 0 Å². The molecule has 0 spiro atoms. The number of fused-ring (bicyclic) bond motifs is 1. The van der Waals surface area contributed by atoms with Crippen LogP contribution in [0.2, 0.25) is 0 Å². The average Bonchev–Trinajstić information content (AvgIpc) is 3.02. The molecule has 158 valence electrons. The van der Waals surface area contributed by atoms with E-state index < -0.39 is 17.7 Å². The van der Waals surface area contributed by atoms with Crippen LogP contribution in [0.15, 0.2) is 76.8 Å². The number of aliphatic hydroxyl groups excluding tert-OH is 1. The summed E-state index contributed by atoms with van der Waals surface area (Å²) in [6.45, 7) is 0.981. The molecule has 3 aromatic carbocycles. The van der Waals surface area contributed by atoms with E-state index in [-0.39, 0.29) is 11.3 Å². The lowest BCUT2D eigenvalue weighted by molar-refractivity contribution is -0.140. The molecule has 5 nitrogen and oxygen atoms in total. The second-order valence-electron chi connectivity index (χ2n) is 7.87. The summed E-state index contributed by atoms with van der Waals surface area (Å²) < 4.78 is 0.862. The number of hydrogen-bond acceptors (Lipinski definition) is 4. The highest BCUT2D eigenvalue weighted by molar-refractivity contribution is 9.10. The fourth-order valence-corrected chi connectivity index (χ4v) is 4.26. The Morgan fingerprint density at radius 3 is 2.39 bits per heavy atom. The summed E-state index contributed by atoms with van der Waals surface area (Å²) in [5, 5.41) is 13.1. The highest BCUT2D eigenvalue weighted by Gasteiger charge is 2.46. The van der Waals surface area contributed by atoms with Gasteiger partial charge in [-0.05, 0) is 42.6 Å². The molecule has 0 aromatic heterocycles. The SMILES string of the molecule is CN(C)CCN1C(=O)C(=O)/C(=C(\O)c2ccc(Br)cc2)C1c1cccc2ccccc12. The third-order valence-electron chi connectivity index (χ3n) is 5.56. The Labute approximate surface area is 189 Å². The molecule has 0 aliphatic carbocycles. The summed E-state index contributed by atoms with van der Waals surface area (Å²) in [4.78, 5) is 29.7. The highest BCUT2D eigenvalue weighted by Crippen LogP contribution is 2.41. The number of carbonyl (C=O) groups excluding carboxylic acids is 2. The Bertz CT molecular complexity index is 1180. The van der Waals surface area contributed by atoms with Gasteiger partial charge in [-0.2, -0.15) is 0 Å². The molecule has 1 N–H and O–H groups in total. The van der Waals surface area contributed by atoms with E-state index in [0.29, 0.717) is 18.7 Å². The van der Waals surface area contributed by atoms with Crippen molar-refractivity contribution in [2.45, 2.75) is 6.04 Å². The van der Waals surface area contributed by atoms with Gasteiger partial charge in [-0.1, -0.05) is 70.5 Å². The van der Waals surface area contributed by atoms with Gasteiger partial charge >= 0.3 is 0 Å². The first-order valence-electron chi connectivity index (χ1n) is 10.0. The van der Waals surface area contributed by atoms with Gasteiger partial charge in [-0.15, -0.1) is 0 Å². The number of hydrogen-bond donors (Lipinski definition) is 1. The first-order chi connectivity index (χ1) is 14.9. The molecular formula is C25H23BrN2O3. The molecule has 0 radical (unpaired) electrons. The fraction of sp³-hybridized carbons (Fsp3) is 0.200. The highest BCUT2D eigenvalue weighted by atomic mass is 79.9. The van der Waals surface area contributed by atoms with E-state index in [4.69, 9.17) is 0 Å². The number of nitrogens with zero attached hydrogens (tertiary/aromatic N) is 2. The second-order valence-corrected chi connectivity index (χ2v) is 8.79. The van der Waals surface area contributed by atoms with Gasteiger partial charge in [-0.3, -0.25) is 9.59 Å². The standard InChI is InChI=1S/C25H23BrN2O3/c1-27(2)14-15-28-22(20-9-5-7-16-6-3-4-8-19(16)20)21(24(30)25(28)31)23(29)17-10-12-18(26)13-11-17/h3-13,22,29H,14-15H2,1-2H3/b23-21-. The minimum absolute atomic E-state index is 0.127. The second kappa shape index (κ2) is 8.65. The minimum atomic E-state index is -0.658. The van der Waals surface area contributed by atoms with Crippen LogP contribution in [0.3, 0.4) is 0 Å². The summed E-state index contributed by atoms with van der Waals surface area (Å²) in [5.74, 6) is -1.40. The summed E-state index contributed by atoms with van der Waals surface area (Å²) >= 11 is 3.39. The summed E-state index contributed by atoms with van der Waals surface area (Å²) in [5.41, 5.74) is 1.45. The van der Waals surface area contributed by atoms with Crippen molar-refractivity contribution in [3.05, 3.63) is 87.9 Å². The number of carbonyl (C=O) groups is 2. The van der Waals surface area contributed by atoms with E-state index in [9.17, 15) is 14.7 Å². The molecule has 1 aliphatic rings. The van der Waals surface area contributed by atoms with E-state index in [1.807, 2.05) is 61.5 Å². The predicted molar refractivity (Wildman–Crippen MR) is 126 cm³/mol. The molecule has 3 aromatic rings. The van der Waals surface area contributed by atoms with Gasteiger partial charge in [-0.25, -0.2) is 0 Å². The topological polar surface area (TPSA) is 60.9 Å². The Kier molecular flexibility index (Phi) is 5.94. The number of rotatable bonds is 5. The smallest absolute Gasteiger partial charge is 0.295 e. The van der Waals surface area contributed by atoms with Crippen molar-refractivity contribution in [1.82, 2.24) is 9.80 Å². The van der Waals surface area contributed by atoms with Crippen molar-refractivity contribution in [1.29, 1.82) is 0 Å². The zero-order chi connectivity index (χ0) is 22.1. The lowest BCUT2D eigenvalue weighted by Gasteiger charge is -2.27. The summed E-state index contributed by atoms with van der Waals surface area (Å²) in [7, 11) is 3.84. The maximum atomic E-state index is 13.1. The normalized spacial score (nSPS) is 18.3. The van der Waals surface area contributed by atoms with E-state index in [0.717, 1.165) is 20.8 Å². The van der Waals surface area contributed by atoms with Crippen molar-refractivity contribution >= 4 is 44.2 Å². The van der Waals surface area contributed by atoms with Gasteiger partial charge in [0.1, 0.15) is 5.76 Å². The molecule has 1 atom stereocenters. The maximum Gasteiger partial charge on any atom is 0.295 e. The van der Waals surface area contributed by atoms with Gasteiger partial charge < -0.3 is 14.9 Å². The zero-order valence-corrected chi connectivity index (χ0v) is 19.0. The van der Waals surface area contributed by atoms with Gasteiger partial charge in [0.25, 0.3) is 11.7 Å². The van der Waals surface area contributed by atoms with E-state index >= 15 is 0 Å². The molecule has 1 unspecified atom stereocenters. The van der Waals surface area contributed by atoms with Crippen LogP contribution in [-0.2, 0) is 9.59 Å². The van der Waals surface area contributed by atoms with Crippen LogP contribution in [0.4, 0.5) is 0 Å². The third kappa shape index (κ3) is 4.01. The number of Topliss-reactive ketones (excluding diaryl/α,β-unsaturated/α-hetero) is 1. The van der Waals surface area contributed by atoms with Gasteiger partial charge in [0.05, 0.1) is 11.6 Å². The maximum absolute atomic E-state index is 13.1. The van der Waals surface area contributed by atoms with Crippen molar-refractivity contribution in [2.24, 2.45) is 0 Å². The van der Waals surface area contributed by atoms with Crippen molar-refractivity contribution < 1.29 is 14.7 Å². The predicted octanol–water partition coefficient (Wildman–Crippen LogP) is 4.59. The van der Waals surface area contributed by atoms with Crippen molar-refractivity contribution in [2.75, 3.05) is 27.2 Å². The molecule has 0 saturated carbocycles. The molecule has 1 saturated heterocycles. The average molecular weight is 479 g/mol. The monoisotopic (exact) mass is 478 g/mol. The lowest BCUT2D eigenvalue weighted by Crippen LogP contribution is -2.35. The molecule has 0 bridgehead atoms. The quantitative estimate of drug-likeness (QED) is 0.331. The van der Waals surface area contributed by atoms with Crippen LogP contribution >= 0.6 is 15.9 Å². The molecule has 1 amide bonds. The van der Waals surface area contributed by atoms with Crippen LogP contribution in [0.1, 0.15) is 17.2 Å². The van der Waals surface area contributed by atoms with E-state index in [1.165, 1.54) is 0 Å². The Balaban J connectivity index is 1.93. The first kappa shape index (κ1) is 21.3. The molecule has 31 heavy (non-hydrogen) atoms. The van der Waals surface area contributed by atoms with Crippen LogP contribution < -0.4 is 0 Å². The Hall–Kier alpha value is -2.96. The fourth-order valence-electron chi connectivity index (χ4n) is 3.99. The number of likely N-dealkylation sites (tertiary alicyclic amines) is 1. The number of amides is 1. The van der Waals surface area contributed by atoms with Crippen LogP contribution in [0, 0.1) is 0 Å². The number of halogens is 1. The Morgan fingerprint density at radius 1 is 1.00 bits per heavy atom. The van der Waals surface area contributed by atoms with Gasteiger partial charge in [0.15, 0.2) is 0 Å². The van der Waals surface area contributed by atoms with Crippen molar-refractivity contribution in [3.63, 3.8) is 0 Å². The number of benzene rings is 3. The molecule has 1 heterocycles. The molecule has 6 heteroatoms. The van der Waals surface area contributed by atoms with Crippen LogP contribution in [-0.4, -0.2) is 53.8 Å². The summed E-state index contributed by atoms with van der Waals surface area (Å²) in [6, 6.07) is 20.1. The third-order valence-corrected chi connectivity index (χ3v) is 6.09. The first-order valence-corrected chi connectivity index (χ1v) is 10.8. The largest absolute Gasteiger partial charge is 0.507 e. The van der Waals surface area contributed by atoms with E-state index in [1.54, 1.807) is 29.2 Å². The molecular weight excluding hydrogens is 456 g/mol. The number of aliphatic hydroxyl groups is 1. The lowest BCUT2D eigenvalue weighted by atomic mass is 9.91.